The van der Waals surface area contributed by atoms with Crippen molar-refractivity contribution in [2.75, 3.05) is 5.32 Å². The van der Waals surface area contributed by atoms with Gasteiger partial charge in [-0.3, -0.25) is 19.8 Å². The Morgan fingerprint density at radius 3 is 2.86 bits per heavy atom. The van der Waals surface area contributed by atoms with Crippen LogP contribution < -0.4 is 5.32 Å². The molecule has 0 unspecified atom stereocenters. The van der Waals surface area contributed by atoms with Crippen LogP contribution in [0.5, 0.6) is 0 Å². The first-order valence-corrected chi connectivity index (χ1v) is 10.8. The van der Waals surface area contributed by atoms with Crippen molar-refractivity contribution in [1.82, 2.24) is 24.7 Å². The highest BCUT2D eigenvalue weighted by Crippen LogP contribution is 2.24. The van der Waals surface area contributed by atoms with Crippen molar-refractivity contribution < 1.29 is 4.79 Å². The molecule has 0 aliphatic heterocycles. The summed E-state index contributed by atoms with van der Waals surface area (Å²) in [6.07, 6.45) is 2.27. The van der Waals surface area contributed by atoms with E-state index in [1.807, 2.05) is 40.3 Å². The fourth-order valence-electron chi connectivity index (χ4n) is 2.66. The predicted octanol–water partition coefficient (Wildman–Crippen LogP) is 4.55. The van der Waals surface area contributed by atoms with E-state index in [0.717, 1.165) is 22.1 Å². The smallest absolute Gasteiger partial charge is 0.276 e. The standard InChI is InChI=1S/C19H16N6OS3/c1-2-8-25-15(23-24-19(25)27)9-13-10-29-18(20-13)22-16(26)14-11-28-17(21-14)12-6-4-3-5-7-12/h2-7,10-11H,1,8-9H2,(H,24,27)(H,20,22,26). The second-order valence-electron chi connectivity index (χ2n) is 6.02. The van der Waals surface area contributed by atoms with E-state index >= 15 is 0 Å². The van der Waals surface area contributed by atoms with E-state index in [-0.39, 0.29) is 5.91 Å². The summed E-state index contributed by atoms with van der Waals surface area (Å²) in [6, 6.07) is 9.77. The van der Waals surface area contributed by atoms with Gasteiger partial charge in [0.2, 0.25) is 0 Å². The van der Waals surface area contributed by atoms with Gasteiger partial charge in [0.25, 0.3) is 5.91 Å². The maximum atomic E-state index is 12.5. The first kappa shape index (κ1) is 19.4. The Kier molecular flexibility index (Phi) is 5.74. The number of carbonyl (C=O) groups is 1. The molecule has 4 rings (SSSR count). The number of aromatic amines is 1. The van der Waals surface area contributed by atoms with Gasteiger partial charge in [-0.05, 0) is 12.2 Å². The van der Waals surface area contributed by atoms with Crippen LogP contribution in [0.4, 0.5) is 5.13 Å². The third-order valence-electron chi connectivity index (χ3n) is 4.02. The molecule has 1 amide bonds. The van der Waals surface area contributed by atoms with Gasteiger partial charge in [-0.1, -0.05) is 36.4 Å². The van der Waals surface area contributed by atoms with Gasteiger partial charge in [0.05, 0.1) is 12.1 Å². The van der Waals surface area contributed by atoms with Crippen molar-refractivity contribution in [2.24, 2.45) is 0 Å². The lowest BCUT2D eigenvalue weighted by Gasteiger charge is -2.01. The molecule has 0 aliphatic carbocycles. The van der Waals surface area contributed by atoms with E-state index in [1.165, 1.54) is 22.7 Å². The molecule has 0 fully saturated rings. The number of anilines is 1. The maximum absolute atomic E-state index is 12.5. The van der Waals surface area contributed by atoms with Crippen LogP contribution in [-0.4, -0.2) is 30.6 Å². The molecule has 0 saturated heterocycles. The minimum atomic E-state index is -0.279. The van der Waals surface area contributed by atoms with Crippen LogP contribution in [-0.2, 0) is 13.0 Å². The van der Waals surface area contributed by atoms with Crippen LogP contribution in [0.3, 0.4) is 0 Å². The van der Waals surface area contributed by atoms with E-state index < -0.39 is 0 Å². The Morgan fingerprint density at radius 1 is 1.24 bits per heavy atom. The number of amides is 1. The summed E-state index contributed by atoms with van der Waals surface area (Å²) in [5.41, 5.74) is 2.16. The first-order valence-electron chi connectivity index (χ1n) is 8.65. The van der Waals surface area contributed by atoms with Crippen LogP contribution in [0.2, 0.25) is 0 Å². The average molecular weight is 441 g/mol. The molecule has 10 heteroatoms. The van der Waals surface area contributed by atoms with Crippen LogP contribution in [0.25, 0.3) is 10.6 Å². The quantitative estimate of drug-likeness (QED) is 0.325. The number of aromatic nitrogens is 5. The Balaban J connectivity index is 1.44. The summed E-state index contributed by atoms with van der Waals surface area (Å²) >= 11 is 8.02. The zero-order valence-electron chi connectivity index (χ0n) is 15.2. The lowest BCUT2D eigenvalue weighted by atomic mass is 10.2. The SMILES string of the molecule is C=CCn1c(Cc2csc(NC(=O)c3csc(-c4ccccc4)n3)n2)n[nH]c1=S. The highest BCUT2D eigenvalue weighted by molar-refractivity contribution is 7.71. The highest BCUT2D eigenvalue weighted by atomic mass is 32.1. The van der Waals surface area contributed by atoms with Crippen LogP contribution in [0, 0.1) is 4.77 Å². The first-order chi connectivity index (χ1) is 14.1. The van der Waals surface area contributed by atoms with Crippen molar-refractivity contribution >= 4 is 45.9 Å². The summed E-state index contributed by atoms with van der Waals surface area (Å²) in [6.45, 7) is 4.31. The molecule has 0 atom stereocenters. The van der Waals surface area contributed by atoms with Gasteiger partial charge in [0.15, 0.2) is 9.90 Å². The monoisotopic (exact) mass is 440 g/mol. The molecule has 2 N–H and O–H groups in total. The summed E-state index contributed by atoms with van der Waals surface area (Å²) < 4.78 is 2.40. The number of allylic oxidation sites excluding steroid dienone is 1. The van der Waals surface area contributed by atoms with Crippen molar-refractivity contribution in [1.29, 1.82) is 0 Å². The number of nitrogens with one attached hydrogen (secondary N) is 2. The molecule has 29 heavy (non-hydrogen) atoms. The molecule has 7 nitrogen and oxygen atoms in total. The van der Waals surface area contributed by atoms with Crippen molar-refractivity contribution in [2.45, 2.75) is 13.0 Å². The zero-order valence-corrected chi connectivity index (χ0v) is 17.6. The Bertz CT molecular complexity index is 1200. The number of hydrogen-bond acceptors (Lipinski definition) is 7. The molecule has 0 aliphatic rings. The summed E-state index contributed by atoms with van der Waals surface area (Å²) in [5.74, 6) is 0.490. The van der Waals surface area contributed by atoms with Gasteiger partial charge in [-0.15, -0.1) is 29.3 Å². The van der Waals surface area contributed by atoms with Crippen molar-refractivity contribution in [3.63, 3.8) is 0 Å². The maximum Gasteiger partial charge on any atom is 0.276 e. The molecule has 0 bridgehead atoms. The Labute approximate surface area is 179 Å². The van der Waals surface area contributed by atoms with Gasteiger partial charge < -0.3 is 0 Å². The number of rotatable bonds is 7. The summed E-state index contributed by atoms with van der Waals surface area (Å²) in [7, 11) is 0. The Morgan fingerprint density at radius 2 is 2.07 bits per heavy atom. The van der Waals surface area contributed by atoms with Gasteiger partial charge in [-0.25, -0.2) is 9.97 Å². The molecule has 1 aromatic carbocycles. The number of H-pyrrole nitrogens is 1. The van der Waals surface area contributed by atoms with Gasteiger partial charge in [-0.2, -0.15) is 5.10 Å². The number of nitrogens with zero attached hydrogens (tertiary/aromatic N) is 4. The molecule has 4 aromatic rings. The van der Waals surface area contributed by atoms with Crippen molar-refractivity contribution in [3.8, 4) is 10.6 Å². The molecule has 3 heterocycles. The molecule has 146 valence electrons. The number of carbonyl (C=O) groups excluding carboxylic acids is 1. The zero-order chi connectivity index (χ0) is 20.2. The van der Waals surface area contributed by atoms with Gasteiger partial charge in [0, 0.05) is 22.9 Å². The van der Waals surface area contributed by atoms with Crippen molar-refractivity contribution in [3.05, 3.63) is 75.7 Å². The van der Waals surface area contributed by atoms with E-state index in [4.69, 9.17) is 12.2 Å². The topological polar surface area (TPSA) is 88.5 Å². The van der Waals surface area contributed by atoms with E-state index in [9.17, 15) is 4.79 Å². The molecular formula is C19H16N6OS3. The number of benzene rings is 1. The molecule has 0 radical (unpaired) electrons. The highest BCUT2D eigenvalue weighted by Gasteiger charge is 2.15. The second-order valence-corrected chi connectivity index (χ2v) is 8.13. The van der Waals surface area contributed by atoms with Gasteiger partial charge >= 0.3 is 0 Å². The minimum Gasteiger partial charge on any atom is -0.300 e. The molecule has 0 spiro atoms. The predicted molar refractivity (Wildman–Crippen MR) is 118 cm³/mol. The lowest BCUT2D eigenvalue weighted by molar-refractivity contribution is 0.102. The number of hydrogen-bond donors (Lipinski definition) is 2. The molecule has 3 aromatic heterocycles. The van der Waals surface area contributed by atoms with Crippen LogP contribution >= 0.6 is 34.9 Å². The summed E-state index contributed by atoms with van der Waals surface area (Å²) in [4.78, 5) is 21.4. The number of thiazole rings is 2. The van der Waals surface area contributed by atoms with Gasteiger partial charge in [0.1, 0.15) is 16.5 Å². The lowest BCUT2D eigenvalue weighted by Crippen LogP contribution is -2.12. The fourth-order valence-corrected chi connectivity index (χ4v) is 4.40. The van der Waals surface area contributed by atoms with E-state index in [1.54, 1.807) is 11.5 Å². The Hall–Kier alpha value is -2.95. The average Bonchev–Trinajstić information content (AvgIpc) is 3.46. The normalized spacial score (nSPS) is 10.8. The molecule has 0 saturated carbocycles. The second kappa shape index (κ2) is 8.60. The van der Waals surface area contributed by atoms with Crippen LogP contribution in [0.15, 0.2) is 53.7 Å². The largest absolute Gasteiger partial charge is 0.300 e. The van der Waals surface area contributed by atoms with E-state index in [2.05, 4.69) is 32.1 Å². The molecular weight excluding hydrogens is 424 g/mol. The van der Waals surface area contributed by atoms with Crippen LogP contribution in [0.1, 0.15) is 22.0 Å². The fraction of sp³-hybridized carbons (Fsp3) is 0.105. The summed E-state index contributed by atoms with van der Waals surface area (Å²) in [5, 5.41) is 14.8. The third kappa shape index (κ3) is 4.39. The minimum absolute atomic E-state index is 0.279. The van der Waals surface area contributed by atoms with E-state index in [0.29, 0.717) is 28.6 Å². The third-order valence-corrected chi connectivity index (χ3v) is 6.03.